The predicted octanol–water partition coefficient (Wildman–Crippen LogP) is 0.364. The Morgan fingerprint density at radius 3 is 2.07 bits per heavy atom. The average Bonchev–Trinajstić information content (AvgIpc) is 3.18. The number of anilines is 1. The third-order valence-electron chi connectivity index (χ3n) is 4.29. The molecule has 1 aliphatic heterocycles. The molecule has 2 aromatic carbocycles. The highest BCUT2D eigenvalue weighted by atomic mass is 32.2. The van der Waals surface area contributed by atoms with Gasteiger partial charge in [0, 0.05) is 5.56 Å². The van der Waals surface area contributed by atoms with Gasteiger partial charge in [-0.25, -0.2) is 5.01 Å². The Bertz CT molecular complexity index is 761. The lowest BCUT2D eigenvalue weighted by molar-refractivity contribution is -0.114. The number of benzene rings is 2. The van der Waals surface area contributed by atoms with Crippen LogP contribution in [0, 0.1) is 0 Å². The summed E-state index contributed by atoms with van der Waals surface area (Å²) in [4.78, 5) is 0. The normalized spacial score (nSPS) is 21.4. The summed E-state index contributed by atoms with van der Waals surface area (Å²) < 4.78 is 0. The Hall–Kier alpha value is -1.94. The van der Waals surface area contributed by atoms with Crippen LogP contribution < -0.4 is 5.01 Å². The van der Waals surface area contributed by atoms with Crippen molar-refractivity contribution in [2.75, 3.05) is 11.6 Å². The molecule has 0 saturated heterocycles. The molecule has 0 bridgehead atoms. The summed E-state index contributed by atoms with van der Waals surface area (Å²) in [5.41, 5.74) is 1.58. The summed E-state index contributed by atoms with van der Waals surface area (Å²) in [5.74, 6) is 0. The summed E-state index contributed by atoms with van der Waals surface area (Å²) in [6.07, 6.45) is -6.35. The highest BCUT2D eigenvalue weighted by molar-refractivity contribution is 8.15. The molecule has 3 rings (SSSR count). The van der Waals surface area contributed by atoms with E-state index in [1.54, 1.807) is 5.01 Å². The Balaban J connectivity index is 1.89. The van der Waals surface area contributed by atoms with Crippen LogP contribution in [0.25, 0.3) is 0 Å². The topological polar surface area (TPSA) is 117 Å². The smallest absolute Gasteiger partial charge is 0.132 e. The molecule has 0 spiro atoms. The van der Waals surface area contributed by atoms with Crippen LogP contribution in [0.5, 0.6) is 0 Å². The minimum atomic E-state index is -1.69. The van der Waals surface area contributed by atoms with E-state index in [0.717, 1.165) is 5.56 Å². The van der Waals surface area contributed by atoms with Gasteiger partial charge in [0.2, 0.25) is 0 Å². The lowest BCUT2D eigenvalue weighted by atomic mass is 10.0. The molecular weight excluding hydrogens is 368 g/mol. The highest BCUT2D eigenvalue weighted by Gasteiger charge is 2.41. The first-order valence-corrected chi connectivity index (χ1v) is 9.39. The SMILES string of the molecule is OC[C@@H](O)[C@H](O)[C@H](O)[C@H](O)[C@H]1SC(c2ccccc2)=NN1c1ccccc1. The molecule has 7 nitrogen and oxygen atoms in total. The number of nitrogens with zero attached hydrogens (tertiary/aromatic N) is 2. The third kappa shape index (κ3) is 4.32. The lowest BCUT2D eigenvalue weighted by Gasteiger charge is -2.32. The number of para-hydroxylation sites is 1. The monoisotopic (exact) mass is 390 g/mol. The van der Waals surface area contributed by atoms with Gasteiger partial charge in [-0.15, -0.1) is 0 Å². The van der Waals surface area contributed by atoms with Crippen molar-refractivity contribution in [1.82, 2.24) is 0 Å². The van der Waals surface area contributed by atoms with Gasteiger partial charge < -0.3 is 25.5 Å². The minimum absolute atomic E-state index is 0.660. The van der Waals surface area contributed by atoms with Gasteiger partial charge in [-0.2, -0.15) is 5.10 Å². The quantitative estimate of drug-likeness (QED) is 0.464. The molecule has 0 radical (unpaired) electrons. The fourth-order valence-corrected chi connectivity index (χ4v) is 3.96. The van der Waals surface area contributed by atoms with Crippen LogP contribution in [0.2, 0.25) is 0 Å². The van der Waals surface area contributed by atoms with Gasteiger partial charge in [-0.1, -0.05) is 60.3 Å². The van der Waals surface area contributed by atoms with Gasteiger partial charge in [-0.05, 0) is 12.1 Å². The van der Waals surface area contributed by atoms with Crippen LogP contribution in [0.15, 0.2) is 65.8 Å². The molecule has 0 saturated carbocycles. The summed E-state index contributed by atoms with van der Waals surface area (Å²) in [7, 11) is 0. The first kappa shape index (κ1) is 19.8. The molecule has 0 unspecified atom stereocenters. The Morgan fingerprint density at radius 1 is 0.889 bits per heavy atom. The Labute approximate surface area is 161 Å². The molecule has 5 atom stereocenters. The van der Waals surface area contributed by atoms with E-state index in [9.17, 15) is 20.4 Å². The second-order valence-corrected chi connectivity index (χ2v) is 7.29. The van der Waals surface area contributed by atoms with Gasteiger partial charge in [0.15, 0.2) is 0 Å². The predicted molar refractivity (Wildman–Crippen MR) is 104 cm³/mol. The van der Waals surface area contributed by atoms with Gasteiger partial charge in [-0.3, -0.25) is 0 Å². The second kappa shape index (κ2) is 8.83. The maximum Gasteiger partial charge on any atom is 0.132 e. The molecule has 1 aliphatic rings. The van der Waals surface area contributed by atoms with E-state index >= 15 is 0 Å². The third-order valence-corrected chi connectivity index (χ3v) is 5.55. The van der Waals surface area contributed by atoms with Crippen LogP contribution in [0.4, 0.5) is 5.69 Å². The summed E-state index contributed by atoms with van der Waals surface area (Å²) >= 11 is 1.25. The molecule has 5 N–H and O–H groups in total. The van der Waals surface area contributed by atoms with E-state index in [0.29, 0.717) is 10.7 Å². The van der Waals surface area contributed by atoms with Crippen molar-refractivity contribution in [2.45, 2.75) is 29.8 Å². The van der Waals surface area contributed by atoms with Crippen LogP contribution >= 0.6 is 11.8 Å². The van der Waals surface area contributed by atoms with E-state index in [1.807, 2.05) is 60.7 Å². The molecule has 8 heteroatoms. The molecule has 27 heavy (non-hydrogen) atoms. The van der Waals surface area contributed by atoms with E-state index in [2.05, 4.69) is 5.10 Å². The van der Waals surface area contributed by atoms with E-state index in [4.69, 9.17) is 5.11 Å². The number of hydrogen-bond acceptors (Lipinski definition) is 8. The average molecular weight is 390 g/mol. The second-order valence-electron chi connectivity index (χ2n) is 6.18. The molecule has 2 aromatic rings. The van der Waals surface area contributed by atoms with E-state index in [-0.39, 0.29) is 0 Å². The first-order chi connectivity index (χ1) is 13.0. The fraction of sp³-hybridized carbons (Fsp3) is 0.316. The minimum Gasteiger partial charge on any atom is -0.394 e. The molecular formula is C19H22N2O5S. The zero-order valence-electron chi connectivity index (χ0n) is 14.4. The summed E-state index contributed by atoms with van der Waals surface area (Å²) in [6, 6.07) is 18.6. The largest absolute Gasteiger partial charge is 0.394 e. The number of thioether (sulfide) groups is 1. The first-order valence-electron chi connectivity index (χ1n) is 8.51. The highest BCUT2D eigenvalue weighted by Crippen LogP contribution is 2.36. The van der Waals surface area contributed by atoms with Crippen molar-refractivity contribution in [1.29, 1.82) is 0 Å². The Morgan fingerprint density at radius 2 is 1.48 bits per heavy atom. The molecule has 0 fully saturated rings. The Kier molecular flexibility index (Phi) is 6.48. The van der Waals surface area contributed by atoms with Gasteiger partial charge in [0.1, 0.15) is 34.8 Å². The zero-order chi connectivity index (χ0) is 19.4. The van der Waals surface area contributed by atoms with Crippen molar-refractivity contribution in [3.63, 3.8) is 0 Å². The molecule has 0 aromatic heterocycles. The standard InChI is InChI=1S/C19H22N2O5S/c22-11-14(23)15(24)16(25)17(26)19-21(13-9-5-2-6-10-13)20-18(27-19)12-7-3-1-4-8-12/h1-10,14-17,19,22-26H,11H2/t14-,15+,16+,17+,19-/m1/s1. The van der Waals surface area contributed by atoms with Gasteiger partial charge in [0.25, 0.3) is 0 Å². The van der Waals surface area contributed by atoms with Gasteiger partial charge >= 0.3 is 0 Å². The maximum atomic E-state index is 10.7. The number of hydrogen-bond donors (Lipinski definition) is 5. The van der Waals surface area contributed by atoms with E-state index < -0.39 is 36.4 Å². The number of aliphatic hydroxyl groups excluding tert-OH is 5. The number of hydrazone groups is 1. The van der Waals surface area contributed by atoms with E-state index in [1.165, 1.54) is 11.8 Å². The van der Waals surface area contributed by atoms with Crippen LogP contribution in [0.1, 0.15) is 5.56 Å². The van der Waals surface area contributed by atoms with Crippen molar-refractivity contribution in [2.24, 2.45) is 5.10 Å². The van der Waals surface area contributed by atoms with Gasteiger partial charge in [0.05, 0.1) is 12.3 Å². The van der Waals surface area contributed by atoms with Crippen LogP contribution in [-0.4, -0.2) is 67.0 Å². The molecule has 1 heterocycles. The van der Waals surface area contributed by atoms with Crippen molar-refractivity contribution >= 4 is 22.5 Å². The number of rotatable bonds is 7. The summed E-state index contributed by atoms with van der Waals surface area (Å²) in [6.45, 7) is -0.725. The van der Waals surface area contributed by atoms with Crippen molar-refractivity contribution in [3.05, 3.63) is 66.2 Å². The summed E-state index contributed by atoms with van der Waals surface area (Å²) in [5, 5.41) is 55.6. The molecule has 0 amide bonds. The van der Waals surface area contributed by atoms with Crippen LogP contribution in [-0.2, 0) is 0 Å². The lowest BCUT2D eigenvalue weighted by Crippen LogP contribution is -2.52. The zero-order valence-corrected chi connectivity index (χ0v) is 15.2. The molecule has 144 valence electrons. The van der Waals surface area contributed by atoms with Crippen molar-refractivity contribution in [3.8, 4) is 0 Å². The molecule has 0 aliphatic carbocycles. The van der Waals surface area contributed by atoms with Crippen LogP contribution in [0.3, 0.4) is 0 Å². The van der Waals surface area contributed by atoms with Crippen molar-refractivity contribution < 1.29 is 25.5 Å². The fourth-order valence-electron chi connectivity index (χ4n) is 2.76. The maximum absolute atomic E-state index is 10.7. The number of aliphatic hydroxyl groups is 5.